The summed E-state index contributed by atoms with van der Waals surface area (Å²) in [5, 5.41) is 0. The molecule has 0 saturated carbocycles. The molecule has 2 atom stereocenters. The maximum absolute atomic E-state index is 12.2. The van der Waals surface area contributed by atoms with E-state index in [-0.39, 0.29) is 4.90 Å². The van der Waals surface area contributed by atoms with Gasteiger partial charge in [0.05, 0.1) is 11.0 Å². The van der Waals surface area contributed by atoms with E-state index >= 15 is 0 Å². The molecule has 2 rings (SSSR count). The van der Waals surface area contributed by atoms with Crippen molar-refractivity contribution < 1.29 is 12.6 Å². The third-order valence-electron chi connectivity index (χ3n) is 3.54. The lowest BCUT2D eigenvalue weighted by atomic mass is 9.99. The van der Waals surface area contributed by atoms with E-state index in [1.54, 1.807) is 24.3 Å². The van der Waals surface area contributed by atoms with Crippen LogP contribution in [0.3, 0.4) is 0 Å². The van der Waals surface area contributed by atoms with Gasteiger partial charge in [0.2, 0.25) is 0 Å². The van der Waals surface area contributed by atoms with Gasteiger partial charge in [0.25, 0.3) is 10.1 Å². The molecule has 108 valence electrons. The Morgan fingerprint density at radius 2 is 1.95 bits per heavy atom. The largest absolute Gasteiger partial charge is 0.297 e. The molecule has 1 aliphatic carbocycles. The zero-order valence-corrected chi connectivity index (χ0v) is 12.6. The molecule has 1 aliphatic rings. The molecule has 0 fully saturated rings. The summed E-state index contributed by atoms with van der Waals surface area (Å²) in [5.74, 6) is 0.430. The van der Waals surface area contributed by atoms with Crippen molar-refractivity contribution >= 4 is 10.1 Å². The second-order valence-corrected chi connectivity index (χ2v) is 6.59. The van der Waals surface area contributed by atoms with Gasteiger partial charge < -0.3 is 0 Å². The summed E-state index contributed by atoms with van der Waals surface area (Å²) < 4.78 is 29.6. The molecular formula is C16H20O3S. The van der Waals surface area contributed by atoms with Gasteiger partial charge in [-0.15, -0.1) is 0 Å². The average Bonchev–Trinajstić information content (AvgIpc) is 2.47. The smallest absolute Gasteiger partial charge is 0.258 e. The first kappa shape index (κ1) is 15.0. The second-order valence-electron chi connectivity index (χ2n) is 5.02. The maximum Gasteiger partial charge on any atom is 0.297 e. The topological polar surface area (TPSA) is 43.4 Å². The van der Waals surface area contributed by atoms with E-state index in [2.05, 4.69) is 13.8 Å². The molecule has 0 saturated heterocycles. The molecule has 0 spiro atoms. The van der Waals surface area contributed by atoms with Gasteiger partial charge >= 0.3 is 0 Å². The standard InChI is InChI=1S/C16H20O3S/c1-3-13(2)14-9-11-16(12-10-14)20(17,18)19-15-7-5-4-6-8-15/h4-7,9-13,15H,3,8H2,1-2H3. The quantitative estimate of drug-likeness (QED) is 0.775. The fourth-order valence-corrected chi connectivity index (χ4v) is 3.09. The molecule has 0 aromatic heterocycles. The van der Waals surface area contributed by atoms with Gasteiger partial charge in [-0.25, -0.2) is 0 Å². The summed E-state index contributed by atoms with van der Waals surface area (Å²) in [6.45, 7) is 4.24. The van der Waals surface area contributed by atoms with Gasteiger partial charge in [0.1, 0.15) is 0 Å². The molecule has 2 unspecified atom stereocenters. The van der Waals surface area contributed by atoms with E-state index in [1.165, 1.54) is 0 Å². The molecule has 20 heavy (non-hydrogen) atoms. The van der Waals surface area contributed by atoms with Crippen LogP contribution in [0, 0.1) is 0 Å². The van der Waals surface area contributed by atoms with Gasteiger partial charge in [-0.1, -0.05) is 50.3 Å². The number of rotatable bonds is 5. The lowest BCUT2D eigenvalue weighted by Crippen LogP contribution is -2.17. The number of hydrogen-bond acceptors (Lipinski definition) is 3. The minimum Gasteiger partial charge on any atom is -0.258 e. The minimum atomic E-state index is -3.69. The summed E-state index contributed by atoms with van der Waals surface area (Å²) in [5.41, 5.74) is 1.15. The normalized spacial score (nSPS) is 20.0. The molecule has 0 aliphatic heterocycles. The first-order valence-electron chi connectivity index (χ1n) is 6.89. The zero-order chi connectivity index (χ0) is 14.6. The van der Waals surface area contributed by atoms with E-state index in [0.717, 1.165) is 12.0 Å². The first-order chi connectivity index (χ1) is 9.53. The van der Waals surface area contributed by atoms with Gasteiger partial charge in [0.15, 0.2) is 0 Å². The van der Waals surface area contributed by atoms with Crippen LogP contribution in [0.15, 0.2) is 53.5 Å². The second kappa shape index (κ2) is 6.37. The molecule has 4 heteroatoms. The Bertz CT molecular complexity index is 597. The highest BCUT2D eigenvalue weighted by atomic mass is 32.2. The Morgan fingerprint density at radius 1 is 1.25 bits per heavy atom. The fourth-order valence-electron chi connectivity index (χ4n) is 2.05. The monoisotopic (exact) mass is 292 g/mol. The summed E-state index contributed by atoms with van der Waals surface area (Å²) in [7, 11) is -3.69. The van der Waals surface area contributed by atoms with Crippen molar-refractivity contribution in [1.82, 2.24) is 0 Å². The van der Waals surface area contributed by atoms with E-state index < -0.39 is 16.2 Å². The Hall–Kier alpha value is -1.39. The average molecular weight is 292 g/mol. The zero-order valence-electron chi connectivity index (χ0n) is 11.8. The fraction of sp³-hybridized carbons (Fsp3) is 0.375. The van der Waals surface area contributed by atoms with Crippen LogP contribution in [0.1, 0.15) is 38.2 Å². The Balaban J connectivity index is 2.13. The van der Waals surface area contributed by atoms with Gasteiger partial charge in [0, 0.05) is 0 Å². The van der Waals surface area contributed by atoms with Crippen molar-refractivity contribution in [3.05, 3.63) is 54.1 Å². The molecule has 3 nitrogen and oxygen atoms in total. The predicted molar refractivity (Wildman–Crippen MR) is 80.1 cm³/mol. The number of benzene rings is 1. The van der Waals surface area contributed by atoms with Crippen LogP contribution in [0.4, 0.5) is 0 Å². The molecule has 1 aromatic carbocycles. The lowest BCUT2D eigenvalue weighted by molar-refractivity contribution is 0.257. The third-order valence-corrected chi connectivity index (χ3v) is 4.89. The van der Waals surface area contributed by atoms with E-state index in [1.807, 2.05) is 24.3 Å². The molecule has 0 amide bonds. The molecular weight excluding hydrogens is 272 g/mol. The van der Waals surface area contributed by atoms with Crippen molar-refractivity contribution in [1.29, 1.82) is 0 Å². The van der Waals surface area contributed by atoms with Crippen LogP contribution < -0.4 is 0 Å². The van der Waals surface area contributed by atoms with E-state index in [9.17, 15) is 8.42 Å². The third kappa shape index (κ3) is 3.58. The molecule has 0 N–H and O–H groups in total. The van der Waals surface area contributed by atoms with Crippen molar-refractivity contribution in [2.45, 2.75) is 43.6 Å². The Morgan fingerprint density at radius 3 is 2.50 bits per heavy atom. The van der Waals surface area contributed by atoms with Gasteiger partial charge in [-0.05, 0) is 36.5 Å². The summed E-state index contributed by atoms with van der Waals surface area (Å²) in [4.78, 5) is 0.215. The van der Waals surface area contributed by atoms with Gasteiger partial charge in [-0.2, -0.15) is 8.42 Å². The van der Waals surface area contributed by atoms with Crippen molar-refractivity contribution in [2.75, 3.05) is 0 Å². The van der Waals surface area contributed by atoms with E-state index in [4.69, 9.17) is 4.18 Å². The highest BCUT2D eigenvalue weighted by Crippen LogP contribution is 2.22. The highest BCUT2D eigenvalue weighted by Gasteiger charge is 2.20. The van der Waals surface area contributed by atoms with Crippen molar-refractivity contribution in [2.24, 2.45) is 0 Å². The van der Waals surface area contributed by atoms with Crippen LogP contribution in [0.2, 0.25) is 0 Å². The first-order valence-corrected chi connectivity index (χ1v) is 8.30. The Kier molecular flexibility index (Phi) is 4.78. The number of hydrogen-bond donors (Lipinski definition) is 0. The molecule has 0 bridgehead atoms. The molecule has 0 heterocycles. The van der Waals surface area contributed by atoms with Crippen molar-refractivity contribution in [3.63, 3.8) is 0 Å². The SMILES string of the molecule is CCC(C)c1ccc(S(=O)(=O)OC2C=CC=CC2)cc1. The van der Waals surface area contributed by atoms with Crippen LogP contribution >= 0.6 is 0 Å². The van der Waals surface area contributed by atoms with Crippen molar-refractivity contribution in [3.8, 4) is 0 Å². The van der Waals surface area contributed by atoms with Gasteiger partial charge in [-0.3, -0.25) is 4.18 Å². The Labute approximate surface area is 121 Å². The van der Waals surface area contributed by atoms with Crippen LogP contribution in [-0.2, 0) is 14.3 Å². The lowest BCUT2D eigenvalue weighted by Gasteiger charge is -2.15. The highest BCUT2D eigenvalue weighted by molar-refractivity contribution is 7.86. The van der Waals surface area contributed by atoms with Crippen LogP contribution in [-0.4, -0.2) is 14.5 Å². The summed E-state index contributed by atoms with van der Waals surface area (Å²) in [6.07, 6.45) is 8.54. The number of allylic oxidation sites excluding steroid dienone is 2. The van der Waals surface area contributed by atoms with Crippen LogP contribution in [0.25, 0.3) is 0 Å². The maximum atomic E-state index is 12.2. The molecule has 0 radical (unpaired) electrons. The molecule has 1 aromatic rings. The van der Waals surface area contributed by atoms with E-state index in [0.29, 0.717) is 12.3 Å². The summed E-state index contributed by atoms with van der Waals surface area (Å²) >= 11 is 0. The van der Waals surface area contributed by atoms with Crippen LogP contribution in [0.5, 0.6) is 0 Å². The summed E-state index contributed by atoms with van der Waals surface area (Å²) in [6, 6.07) is 6.97. The minimum absolute atomic E-state index is 0.215. The predicted octanol–water partition coefficient (Wildman–Crippen LogP) is 3.79.